The maximum Gasteiger partial charge on any atom is 0.312 e. The summed E-state index contributed by atoms with van der Waals surface area (Å²) in [6.07, 6.45) is 10.9. The molecule has 1 aliphatic heterocycles. The second-order valence-electron chi connectivity index (χ2n) is 7.40. The lowest BCUT2D eigenvalue weighted by atomic mass is 9.89. The first-order chi connectivity index (χ1) is 12.1. The van der Waals surface area contributed by atoms with Crippen LogP contribution in [-0.2, 0) is 39.3 Å². The van der Waals surface area contributed by atoms with E-state index in [1.165, 1.54) is 6.42 Å². The molecular weight excluding hydrogens is 320 g/mol. The molecule has 2 heterocycles. The number of carbonyl (C=O) groups excluding carboxylic acids is 2. The average Bonchev–Trinajstić information content (AvgIpc) is 3.16. The lowest BCUT2D eigenvalue weighted by Gasteiger charge is -2.19. The zero-order chi connectivity index (χ0) is 17.8. The van der Waals surface area contributed by atoms with Crippen molar-refractivity contribution in [1.82, 2.24) is 4.57 Å². The van der Waals surface area contributed by atoms with E-state index in [4.69, 9.17) is 9.47 Å². The third kappa shape index (κ3) is 4.22. The summed E-state index contributed by atoms with van der Waals surface area (Å²) in [7, 11) is 1.98. The molecule has 0 spiro atoms. The van der Waals surface area contributed by atoms with E-state index < -0.39 is 0 Å². The fourth-order valence-electron chi connectivity index (χ4n) is 4.05. The van der Waals surface area contributed by atoms with Crippen LogP contribution in [0.15, 0.2) is 12.5 Å². The maximum absolute atomic E-state index is 12.2. The van der Waals surface area contributed by atoms with Crippen molar-refractivity contribution in [3.05, 3.63) is 18.2 Å². The predicted octanol–water partition coefficient (Wildman–Crippen LogP) is 2.14. The van der Waals surface area contributed by atoms with Gasteiger partial charge in [-0.1, -0.05) is 26.2 Å². The van der Waals surface area contributed by atoms with Gasteiger partial charge in [-0.25, -0.2) is 9.13 Å². The Labute approximate surface area is 149 Å². The van der Waals surface area contributed by atoms with Gasteiger partial charge in [0.25, 0.3) is 0 Å². The number of ether oxygens (including phenoxy) is 2. The third-order valence-corrected chi connectivity index (χ3v) is 5.61. The summed E-state index contributed by atoms with van der Waals surface area (Å²) in [5.41, 5.74) is 1.12. The smallest absolute Gasteiger partial charge is 0.312 e. The number of hydrogen-bond acceptors (Lipinski definition) is 4. The molecule has 6 heteroatoms. The number of aryl methyl sites for hydroxylation is 1. The zero-order valence-corrected chi connectivity index (χ0v) is 15.3. The minimum absolute atomic E-state index is 0.00696. The summed E-state index contributed by atoms with van der Waals surface area (Å²) in [6, 6.07) is 0. The van der Waals surface area contributed by atoms with Crippen LogP contribution in [0.1, 0.15) is 51.1 Å². The van der Waals surface area contributed by atoms with Crippen molar-refractivity contribution < 1.29 is 23.6 Å². The van der Waals surface area contributed by atoms with Gasteiger partial charge >= 0.3 is 11.9 Å². The van der Waals surface area contributed by atoms with Crippen molar-refractivity contribution in [2.45, 2.75) is 58.6 Å². The van der Waals surface area contributed by atoms with Crippen LogP contribution in [0.25, 0.3) is 0 Å². The van der Waals surface area contributed by atoms with Crippen molar-refractivity contribution in [3.63, 3.8) is 0 Å². The number of aromatic nitrogens is 2. The van der Waals surface area contributed by atoms with E-state index in [1.807, 2.05) is 35.6 Å². The highest BCUT2D eigenvalue weighted by Crippen LogP contribution is 2.28. The highest BCUT2D eigenvalue weighted by atomic mass is 16.5. The summed E-state index contributed by atoms with van der Waals surface area (Å²) in [5, 5.41) is 0. The summed E-state index contributed by atoms with van der Waals surface area (Å²) < 4.78 is 14.6. The van der Waals surface area contributed by atoms with Crippen molar-refractivity contribution in [2.24, 2.45) is 24.8 Å². The van der Waals surface area contributed by atoms with Gasteiger partial charge in [0.1, 0.15) is 11.9 Å². The fourth-order valence-corrected chi connectivity index (χ4v) is 4.05. The molecule has 25 heavy (non-hydrogen) atoms. The second kappa shape index (κ2) is 8.02. The Morgan fingerprint density at radius 3 is 2.84 bits per heavy atom. The molecule has 0 unspecified atom stereocenters. The van der Waals surface area contributed by atoms with Gasteiger partial charge in [-0.2, -0.15) is 0 Å². The van der Waals surface area contributed by atoms with Crippen LogP contribution in [0.4, 0.5) is 0 Å². The molecule has 1 saturated heterocycles. The van der Waals surface area contributed by atoms with Gasteiger partial charge in [-0.3, -0.25) is 9.59 Å². The fraction of sp³-hybridized carbons (Fsp3) is 0.737. The first-order valence-corrected chi connectivity index (χ1v) is 9.46. The van der Waals surface area contributed by atoms with E-state index in [2.05, 4.69) is 0 Å². The van der Waals surface area contributed by atoms with Crippen molar-refractivity contribution >= 4 is 11.9 Å². The Kier molecular flexibility index (Phi) is 5.76. The minimum Gasteiger partial charge on any atom is -0.465 e. The molecule has 1 aliphatic carbocycles. The number of nitrogens with zero attached hydrogens (tertiary/aromatic N) is 2. The lowest BCUT2D eigenvalue weighted by Crippen LogP contribution is -2.35. The molecule has 0 amide bonds. The second-order valence-corrected chi connectivity index (χ2v) is 7.40. The van der Waals surface area contributed by atoms with Gasteiger partial charge in [0.2, 0.25) is 13.1 Å². The Morgan fingerprint density at radius 2 is 2.12 bits per heavy atom. The predicted molar refractivity (Wildman–Crippen MR) is 90.2 cm³/mol. The van der Waals surface area contributed by atoms with Crippen LogP contribution in [0, 0.1) is 17.8 Å². The quantitative estimate of drug-likeness (QED) is 0.583. The van der Waals surface area contributed by atoms with Crippen molar-refractivity contribution in [2.75, 3.05) is 6.61 Å². The first kappa shape index (κ1) is 18.0. The van der Waals surface area contributed by atoms with E-state index in [1.54, 1.807) is 0 Å². The van der Waals surface area contributed by atoms with Crippen LogP contribution in [-0.4, -0.2) is 23.1 Å². The lowest BCUT2D eigenvalue weighted by molar-refractivity contribution is -0.727. The van der Waals surface area contributed by atoms with Gasteiger partial charge in [0.15, 0.2) is 0 Å². The number of carbonyl (C=O) groups is 2. The van der Waals surface area contributed by atoms with Crippen LogP contribution >= 0.6 is 0 Å². The molecule has 1 aromatic heterocycles. The Morgan fingerprint density at radius 1 is 1.36 bits per heavy atom. The highest BCUT2D eigenvalue weighted by Gasteiger charge is 2.36. The summed E-state index contributed by atoms with van der Waals surface area (Å²) >= 11 is 0. The summed E-state index contributed by atoms with van der Waals surface area (Å²) in [6.45, 7) is 2.78. The number of cyclic esters (lactones) is 1. The Hall–Kier alpha value is -1.85. The van der Waals surface area contributed by atoms with Crippen LogP contribution in [0.2, 0.25) is 0 Å². The van der Waals surface area contributed by atoms with Crippen molar-refractivity contribution in [3.8, 4) is 0 Å². The molecule has 3 rings (SSSR count). The largest absolute Gasteiger partial charge is 0.465 e. The van der Waals surface area contributed by atoms with Gasteiger partial charge in [0, 0.05) is 12.3 Å². The first-order valence-electron chi connectivity index (χ1n) is 9.46. The standard InChI is InChI=1S/C19H29N2O4/c1-3-17-15(11-24-19(17)23)9-16-10-21(12-20(16)2)13-25-18(22)14-7-5-4-6-8-14/h10,12,14-15,17H,3-9,11,13H2,1-2H3/q+1/t15-,17-/m0/s1. The molecule has 0 N–H and O–H groups in total. The van der Waals surface area contributed by atoms with E-state index in [0.717, 1.165) is 44.2 Å². The average molecular weight is 349 g/mol. The Balaban J connectivity index is 1.55. The minimum atomic E-state index is -0.0732. The molecule has 2 fully saturated rings. The van der Waals surface area contributed by atoms with Gasteiger partial charge in [-0.15, -0.1) is 0 Å². The Bertz CT molecular complexity index is 619. The SMILES string of the molecule is CC[C@@H]1C(=O)OC[C@@H]1Cc1c[n+](COC(=O)C2CCCCC2)cn1C. The van der Waals surface area contributed by atoms with Gasteiger partial charge in [0.05, 0.1) is 25.5 Å². The molecule has 2 aliphatic rings. The molecular formula is C19H29N2O4+. The zero-order valence-electron chi connectivity index (χ0n) is 15.3. The molecule has 0 radical (unpaired) electrons. The number of rotatable bonds is 6. The number of hydrogen-bond donors (Lipinski definition) is 0. The molecule has 2 atom stereocenters. The summed E-state index contributed by atoms with van der Waals surface area (Å²) in [5.74, 6) is 0.149. The van der Waals surface area contributed by atoms with E-state index in [0.29, 0.717) is 6.61 Å². The number of imidazole rings is 1. The van der Waals surface area contributed by atoms with Crippen molar-refractivity contribution in [1.29, 1.82) is 0 Å². The highest BCUT2D eigenvalue weighted by molar-refractivity contribution is 5.74. The van der Waals surface area contributed by atoms with Crippen LogP contribution in [0.5, 0.6) is 0 Å². The molecule has 6 nitrogen and oxygen atoms in total. The molecule has 0 aromatic carbocycles. The van der Waals surface area contributed by atoms with Gasteiger partial charge in [-0.05, 0) is 19.3 Å². The van der Waals surface area contributed by atoms with Crippen LogP contribution in [0.3, 0.4) is 0 Å². The van der Waals surface area contributed by atoms with E-state index in [9.17, 15) is 9.59 Å². The van der Waals surface area contributed by atoms with Gasteiger partial charge < -0.3 is 9.47 Å². The van der Waals surface area contributed by atoms with Crippen LogP contribution < -0.4 is 4.57 Å². The van der Waals surface area contributed by atoms with E-state index in [-0.39, 0.29) is 36.4 Å². The number of esters is 2. The maximum atomic E-state index is 12.2. The molecule has 0 bridgehead atoms. The molecule has 138 valence electrons. The molecule has 1 aromatic rings. The molecule has 1 saturated carbocycles. The third-order valence-electron chi connectivity index (χ3n) is 5.61. The monoisotopic (exact) mass is 349 g/mol. The topological polar surface area (TPSA) is 61.4 Å². The van der Waals surface area contributed by atoms with E-state index >= 15 is 0 Å². The summed E-state index contributed by atoms with van der Waals surface area (Å²) in [4.78, 5) is 23.9. The normalized spacial score (nSPS) is 24.3.